The van der Waals surface area contributed by atoms with Gasteiger partial charge in [-0.25, -0.2) is 8.78 Å². The standard InChI is InChI=1S/C14H17F2NO3/c1-14(2,3)17(8-13(19)20)12(18)7-9-10(15)5-4-6-11(9)16/h4-6H,7-8H2,1-3H3,(H,19,20). The second-order valence-electron chi connectivity index (χ2n) is 5.42. The molecule has 0 bridgehead atoms. The molecule has 1 N–H and O–H groups in total. The molecule has 1 amide bonds. The third-order valence-electron chi connectivity index (χ3n) is 2.79. The highest BCUT2D eigenvalue weighted by Gasteiger charge is 2.29. The molecule has 0 heterocycles. The number of carbonyl (C=O) groups excluding carboxylic acids is 1. The summed E-state index contributed by atoms with van der Waals surface area (Å²) >= 11 is 0. The van der Waals surface area contributed by atoms with E-state index in [0.717, 1.165) is 17.0 Å². The molecule has 0 spiro atoms. The SMILES string of the molecule is CC(C)(C)N(CC(=O)O)C(=O)Cc1c(F)cccc1F. The first kappa shape index (κ1) is 16.1. The van der Waals surface area contributed by atoms with E-state index in [9.17, 15) is 18.4 Å². The molecule has 6 heteroatoms. The summed E-state index contributed by atoms with van der Waals surface area (Å²) in [6.07, 6.45) is -0.511. The number of nitrogens with zero attached hydrogens (tertiary/aromatic N) is 1. The van der Waals surface area contributed by atoms with Crippen LogP contribution in [0.15, 0.2) is 18.2 Å². The first-order valence-electron chi connectivity index (χ1n) is 6.08. The molecular weight excluding hydrogens is 268 g/mol. The zero-order valence-electron chi connectivity index (χ0n) is 11.6. The number of carbonyl (C=O) groups is 2. The van der Waals surface area contributed by atoms with Crippen LogP contribution in [0.3, 0.4) is 0 Å². The first-order valence-corrected chi connectivity index (χ1v) is 6.08. The van der Waals surface area contributed by atoms with Crippen LogP contribution in [0.5, 0.6) is 0 Å². The summed E-state index contributed by atoms with van der Waals surface area (Å²) in [4.78, 5) is 24.0. The molecule has 0 fully saturated rings. The van der Waals surface area contributed by atoms with Gasteiger partial charge in [0.15, 0.2) is 0 Å². The molecule has 1 rings (SSSR count). The highest BCUT2D eigenvalue weighted by atomic mass is 19.1. The fraction of sp³-hybridized carbons (Fsp3) is 0.429. The van der Waals surface area contributed by atoms with Crippen LogP contribution in [0.4, 0.5) is 8.78 Å². The highest BCUT2D eigenvalue weighted by molar-refractivity contribution is 5.83. The highest BCUT2D eigenvalue weighted by Crippen LogP contribution is 2.18. The van der Waals surface area contributed by atoms with Crippen molar-refractivity contribution >= 4 is 11.9 Å². The Morgan fingerprint density at radius 1 is 1.20 bits per heavy atom. The third kappa shape index (κ3) is 4.01. The van der Waals surface area contributed by atoms with Gasteiger partial charge in [0.1, 0.15) is 18.2 Å². The maximum atomic E-state index is 13.5. The fourth-order valence-electron chi connectivity index (χ4n) is 1.78. The van der Waals surface area contributed by atoms with Crippen molar-refractivity contribution in [3.8, 4) is 0 Å². The van der Waals surface area contributed by atoms with Gasteiger partial charge >= 0.3 is 5.97 Å². The van der Waals surface area contributed by atoms with Crippen LogP contribution in [0, 0.1) is 11.6 Å². The molecule has 0 aromatic heterocycles. The lowest BCUT2D eigenvalue weighted by Gasteiger charge is -2.34. The zero-order valence-corrected chi connectivity index (χ0v) is 11.6. The summed E-state index contributed by atoms with van der Waals surface area (Å²) < 4.78 is 27.0. The molecule has 0 aliphatic rings. The third-order valence-corrected chi connectivity index (χ3v) is 2.79. The molecule has 0 atom stereocenters. The van der Waals surface area contributed by atoms with Gasteiger partial charge in [0.2, 0.25) is 5.91 Å². The maximum absolute atomic E-state index is 13.5. The van der Waals surface area contributed by atoms with E-state index in [2.05, 4.69) is 0 Å². The molecule has 1 aromatic carbocycles. The molecule has 20 heavy (non-hydrogen) atoms. The van der Waals surface area contributed by atoms with Gasteiger partial charge in [-0.05, 0) is 32.9 Å². The van der Waals surface area contributed by atoms with E-state index < -0.39 is 42.0 Å². The van der Waals surface area contributed by atoms with E-state index in [0.29, 0.717) is 0 Å². The maximum Gasteiger partial charge on any atom is 0.323 e. The van der Waals surface area contributed by atoms with E-state index in [-0.39, 0.29) is 5.56 Å². The van der Waals surface area contributed by atoms with Crippen LogP contribution in [-0.4, -0.2) is 34.0 Å². The van der Waals surface area contributed by atoms with Gasteiger partial charge in [-0.15, -0.1) is 0 Å². The van der Waals surface area contributed by atoms with Crippen molar-refractivity contribution in [2.75, 3.05) is 6.54 Å². The van der Waals surface area contributed by atoms with Crippen molar-refractivity contribution < 1.29 is 23.5 Å². The number of carboxylic acid groups (broad SMARTS) is 1. The lowest BCUT2D eigenvalue weighted by Crippen LogP contribution is -2.49. The quantitative estimate of drug-likeness (QED) is 0.922. The van der Waals surface area contributed by atoms with Crippen LogP contribution in [0.2, 0.25) is 0 Å². The van der Waals surface area contributed by atoms with Crippen LogP contribution in [-0.2, 0) is 16.0 Å². The van der Waals surface area contributed by atoms with E-state index >= 15 is 0 Å². The fourth-order valence-corrected chi connectivity index (χ4v) is 1.78. The van der Waals surface area contributed by atoms with Crippen LogP contribution >= 0.6 is 0 Å². The van der Waals surface area contributed by atoms with Gasteiger partial charge in [-0.2, -0.15) is 0 Å². The lowest BCUT2D eigenvalue weighted by molar-refractivity contribution is -0.147. The van der Waals surface area contributed by atoms with Gasteiger partial charge in [0.05, 0.1) is 6.42 Å². The molecule has 110 valence electrons. The summed E-state index contributed by atoms with van der Waals surface area (Å²) in [6.45, 7) is 4.46. The Morgan fingerprint density at radius 3 is 2.10 bits per heavy atom. The van der Waals surface area contributed by atoms with Crippen molar-refractivity contribution in [3.05, 3.63) is 35.4 Å². The smallest absolute Gasteiger partial charge is 0.323 e. The Hall–Kier alpha value is -1.98. The summed E-state index contributed by atoms with van der Waals surface area (Å²) in [5.74, 6) is -3.45. The van der Waals surface area contributed by atoms with E-state index in [1.165, 1.54) is 6.07 Å². The average molecular weight is 285 g/mol. The first-order chi connectivity index (χ1) is 9.12. The van der Waals surface area contributed by atoms with Gasteiger partial charge in [-0.1, -0.05) is 6.07 Å². The average Bonchev–Trinajstić information content (AvgIpc) is 2.29. The molecule has 0 saturated heterocycles. The van der Waals surface area contributed by atoms with Crippen molar-refractivity contribution in [3.63, 3.8) is 0 Å². The van der Waals surface area contributed by atoms with E-state index in [4.69, 9.17) is 5.11 Å². The number of amides is 1. The molecule has 0 radical (unpaired) electrons. The molecule has 0 aliphatic heterocycles. The minimum Gasteiger partial charge on any atom is -0.480 e. The Morgan fingerprint density at radius 2 is 1.70 bits per heavy atom. The minimum absolute atomic E-state index is 0.350. The Bertz CT molecular complexity index is 503. The number of benzene rings is 1. The van der Waals surface area contributed by atoms with Gasteiger partial charge in [0.25, 0.3) is 0 Å². The number of aliphatic carboxylic acids is 1. The summed E-state index contributed by atoms with van der Waals surface area (Å²) in [7, 11) is 0. The zero-order chi connectivity index (χ0) is 15.5. The van der Waals surface area contributed by atoms with Gasteiger partial charge in [-0.3, -0.25) is 9.59 Å². The Balaban J connectivity index is 3.00. The van der Waals surface area contributed by atoms with E-state index in [1.807, 2.05) is 0 Å². The molecule has 1 aromatic rings. The Labute approximate surface area is 116 Å². The minimum atomic E-state index is -1.18. The van der Waals surface area contributed by atoms with Crippen LogP contribution < -0.4 is 0 Å². The molecule has 0 aliphatic carbocycles. The second kappa shape index (κ2) is 5.98. The summed E-state index contributed by atoms with van der Waals surface area (Å²) in [6, 6.07) is 3.33. The molecule has 4 nitrogen and oxygen atoms in total. The van der Waals surface area contributed by atoms with Gasteiger partial charge < -0.3 is 10.0 Å². The van der Waals surface area contributed by atoms with Crippen LogP contribution in [0.25, 0.3) is 0 Å². The second-order valence-corrected chi connectivity index (χ2v) is 5.42. The van der Waals surface area contributed by atoms with Crippen molar-refractivity contribution in [1.29, 1.82) is 0 Å². The predicted octanol–water partition coefficient (Wildman–Crippen LogP) is 2.22. The summed E-state index contributed by atoms with van der Waals surface area (Å²) in [5, 5.41) is 8.83. The van der Waals surface area contributed by atoms with Crippen LogP contribution in [0.1, 0.15) is 26.3 Å². The van der Waals surface area contributed by atoms with Crippen molar-refractivity contribution in [2.24, 2.45) is 0 Å². The monoisotopic (exact) mass is 285 g/mol. The van der Waals surface area contributed by atoms with Crippen molar-refractivity contribution in [2.45, 2.75) is 32.7 Å². The molecule has 0 saturated carbocycles. The largest absolute Gasteiger partial charge is 0.480 e. The number of carboxylic acids is 1. The topological polar surface area (TPSA) is 57.6 Å². The summed E-state index contributed by atoms with van der Waals surface area (Å²) in [5.41, 5.74) is -1.10. The number of hydrogen-bond donors (Lipinski definition) is 1. The normalized spacial score (nSPS) is 11.2. The van der Waals surface area contributed by atoms with E-state index in [1.54, 1.807) is 20.8 Å². The molecular formula is C14H17F2NO3. The predicted molar refractivity (Wildman–Crippen MR) is 69.2 cm³/mol. The number of halogens is 2. The molecule has 0 unspecified atom stereocenters. The number of hydrogen-bond acceptors (Lipinski definition) is 2. The number of rotatable bonds is 4. The van der Waals surface area contributed by atoms with Crippen molar-refractivity contribution in [1.82, 2.24) is 4.90 Å². The lowest BCUT2D eigenvalue weighted by atomic mass is 10.0. The Kier molecular flexibility index (Phi) is 4.81. The van der Waals surface area contributed by atoms with Gasteiger partial charge in [0, 0.05) is 11.1 Å².